The molecule has 2 fully saturated rings. The normalized spacial score (nSPS) is 32.5. The average Bonchev–Trinajstić information content (AvgIpc) is 2.59. The van der Waals surface area contributed by atoms with E-state index in [0.29, 0.717) is 6.04 Å². The van der Waals surface area contributed by atoms with Crippen molar-refractivity contribution >= 4 is 0 Å². The van der Waals surface area contributed by atoms with Crippen LogP contribution in [-0.4, -0.2) is 50.2 Å². The van der Waals surface area contributed by atoms with E-state index in [9.17, 15) is 0 Å². The predicted molar refractivity (Wildman–Crippen MR) is 50.3 cm³/mol. The van der Waals surface area contributed by atoms with Gasteiger partial charge in [-0.3, -0.25) is 0 Å². The summed E-state index contributed by atoms with van der Waals surface area (Å²) in [5.41, 5.74) is 0. The third-order valence-electron chi connectivity index (χ3n) is 2.80. The number of hydrogen-bond donors (Lipinski definition) is 2. The molecule has 0 aliphatic carbocycles. The molecule has 0 saturated carbocycles. The maximum absolute atomic E-state index is 3.54. The molecule has 2 aliphatic heterocycles. The molecule has 0 amide bonds. The molecule has 2 aliphatic rings. The molecular weight excluding hydrogens is 150 g/mol. The molecule has 12 heavy (non-hydrogen) atoms. The third-order valence-corrected chi connectivity index (χ3v) is 2.80. The standard InChI is InChI=1S/C9H19N3/c1-2-6-12(5-1)8-9-7-10-3-4-11-9/h9-11H,1-8H2. The van der Waals surface area contributed by atoms with Crippen LogP contribution in [0.2, 0.25) is 0 Å². The van der Waals surface area contributed by atoms with Gasteiger partial charge in [-0.05, 0) is 25.9 Å². The van der Waals surface area contributed by atoms with Crippen molar-refractivity contribution in [1.29, 1.82) is 0 Å². The van der Waals surface area contributed by atoms with Gasteiger partial charge in [0, 0.05) is 32.2 Å². The number of hydrogen-bond acceptors (Lipinski definition) is 3. The quantitative estimate of drug-likeness (QED) is 0.591. The van der Waals surface area contributed by atoms with Crippen LogP contribution in [-0.2, 0) is 0 Å². The van der Waals surface area contributed by atoms with Gasteiger partial charge in [-0.2, -0.15) is 0 Å². The smallest absolute Gasteiger partial charge is 0.0320 e. The van der Waals surface area contributed by atoms with Gasteiger partial charge in [-0.15, -0.1) is 0 Å². The number of likely N-dealkylation sites (tertiary alicyclic amines) is 1. The first-order chi connectivity index (χ1) is 5.95. The molecule has 3 heteroatoms. The molecule has 3 nitrogen and oxygen atoms in total. The summed E-state index contributed by atoms with van der Waals surface area (Å²) in [6.45, 7) is 7.30. The van der Waals surface area contributed by atoms with Crippen molar-refractivity contribution in [1.82, 2.24) is 15.5 Å². The van der Waals surface area contributed by atoms with Gasteiger partial charge in [0.1, 0.15) is 0 Å². The fraction of sp³-hybridized carbons (Fsp3) is 1.00. The molecule has 0 radical (unpaired) electrons. The number of nitrogens with one attached hydrogen (secondary N) is 2. The third kappa shape index (κ3) is 2.19. The lowest BCUT2D eigenvalue weighted by atomic mass is 10.2. The summed E-state index contributed by atoms with van der Waals surface area (Å²) in [6.07, 6.45) is 2.81. The van der Waals surface area contributed by atoms with Gasteiger partial charge in [0.15, 0.2) is 0 Å². The van der Waals surface area contributed by atoms with Crippen molar-refractivity contribution < 1.29 is 0 Å². The van der Waals surface area contributed by atoms with E-state index in [2.05, 4.69) is 15.5 Å². The molecule has 0 spiro atoms. The molecule has 2 rings (SSSR count). The van der Waals surface area contributed by atoms with Crippen molar-refractivity contribution in [2.24, 2.45) is 0 Å². The first kappa shape index (κ1) is 8.48. The van der Waals surface area contributed by atoms with E-state index in [1.807, 2.05) is 0 Å². The van der Waals surface area contributed by atoms with Crippen LogP contribution in [0.1, 0.15) is 12.8 Å². The van der Waals surface area contributed by atoms with Crippen molar-refractivity contribution in [2.45, 2.75) is 18.9 Å². The van der Waals surface area contributed by atoms with Gasteiger partial charge >= 0.3 is 0 Å². The van der Waals surface area contributed by atoms with Crippen LogP contribution in [0.25, 0.3) is 0 Å². The van der Waals surface area contributed by atoms with Crippen LogP contribution in [0.3, 0.4) is 0 Å². The van der Waals surface area contributed by atoms with Crippen LogP contribution >= 0.6 is 0 Å². The Balaban J connectivity index is 1.69. The molecule has 0 aromatic heterocycles. The lowest BCUT2D eigenvalue weighted by Crippen LogP contribution is -2.52. The Morgan fingerprint density at radius 2 is 2.00 bits per heavy atom. The van der Waals surface area contributed by atoms with Crippen LogP contribution in [0.15, 0.2) is 0 Å². The molecule has 2 saturated heterocycles. The predicted octanol–water partition coefficient (Wildman–Crippen LogP) is -0.356. The Morgan fingerprint density at radius 1 is 1.17 bits per heavy atom. The molecule has 2 N–H and O–H groups in total. The Labute approximate surface area is 74.5 Å². The molecule has 2 heterocycles. The highest BCUT2D eigenvalue weighted by atomic mass is 15.2. The van der Waals surface area contributed by atoms with E-state index in [-0.39, 0.29) is 0 Å². The first-order valence-electron chi connectivity index (χ1n) is 5.11. The highest BCUT2D eigenvalue weighted by Gasteiger charge is 2.18. The molecule has 1 unspecified atom stereocenters. The summed E-state index contributed by atoms with van der Waals surface area (Å²) in [5, 5.41) is 6.96. The minimum atomic E-state index is 0.692. The second-order valence-electron chi connectivity index (χ2n) is 3.86. The van der Waals surface area contributed by atoms with Gasteiger partial charge in [-0.1, -0.05) is 0 Å². The number of nitrogens with zero attached hydrogens (tertiary/aromatic N) is 1. The summed E-state index contributed by atoms with van der Waals surface area (Å²) in [7, 11) is 0. The zero-order valence-electron chi connectivity index (χ0n) is 7.68. The topological polar surface area (TPSA) is 27.3 Å². The monoisotopic (exact) mass is 169 g/mol. The highest BCUT2D eigenvalue weighted by molar-refractivity contribution is 4.80. The summed E-state index contributed by atoms with van der Waals surface area (Å²) in [5.74, 6) is 0. The van der Waals surface area contributed by atoms with Crippen LogP contribution in [0.4, 0.5) is 0 Å². The minimum absolute atomic E-state index is 0.692. The van der Waals surface area contributed by atoms with E-state index < -0.39 is 0 Å². The lowest BCUT2D eigenvalue weighted by molar-refractivity contribution is 0.271. The van der Waals surface area contributed by atoms with E-state index >= 15 is 0 Å². The van der Waals surface area contributed by atoms with Crippen molar-refractivity contribution in [2.75, 3.05) is 39.3 Å². The Kier molecular flexibility index (Phi) is 2.98. The molecule has 0 aromatic rings. The summed E-state index contributed by atoms with van der Waals surface area (Å²) < 4.78 is 0. The van der Waals surface area contributed by atoms with E-state index in [1.165, 1.54) is 32.5 Å². The summed E-state index contributed by atoms with van der Waals surface area (Å²) in [4.78, 5) is 2.57. The highest BCUT2D eigenvalue weighted by Crippen LogP contribution is 2.07. The molecule has 70 valence electrons. The maximum atomic E-state index is 3.54. The van der Waals surface area contributed by atoms with E-state index in [0.717, 1.165) is 19.6 Å². The van der Waals surface area contributed by atoms with Crippen LogP contribution in [0, 0.1) is 0 Å². The van der Waals surface area contributed by atoms with Crippen molar-refractivity contribution in [3.63, 3.8) is 0 Å². The number of piperazine rings is 1. The zero-order chi connectivity index (χ0) is 8.23. The van der Waals surface area contributed by atoms with E-state index in [4.69, 9.17) is 0 Å². The summed E-state index contributed by atoms with van der Waals surface area (Å²) in [6, 6.07) is 0.692. The zero-order valence-corrected chi connectivity index (χ0v) is 7.68. The second kappa shape index (κ2) is 4.21. The SMILES string of the molecule is C1CCN(CC2CNCCN2)C1. The Morgan fingerprint density at radius 3 is 2.67 bits per heavy atom. The first-order valence-corrected chi connectivity index (χ1v) is 5.11. The van der Waals surface area contributed by atoms with Gasteiger partial charge in [0.2, 0.25) is 0 Å². The van der Waals surface area contributed by atoms with Crippen molar-refractivity contribution in [3.8, 4) is 0 Å². The second-order valence-corrected chi connectivity index (χ2v) is 3.86. The summed E-state index contributed by atoms with van der Waals surface area (Å²) >= 11 is 0. The Hall–Kier alpha value is -0.120. The van der Waals surface area contributed by atoms with Gasteiger partial charge in [0.25, 0.3) is 0 Å². The average molecular weight is 169 g/mol. The van der Waals surface area contributed by atoms with Crippen molar-refractivity contribution in [3.05, 3.63) is 0 Å². The van der Waals surface area contributed by atoms with Crippen LogP contribution in [0.5, 0.6) is 0 Å². The Bertz CT molecular complexity index is 126. The molecule has 1 atom stereocenters. The van der Waals surface area contributed by atoms with Crippen LogP contribution < -0.4 is 10.6 Å². The minimum Gasteiger partial charge on any atom is -0.314 e. The van der Waals surface area contributed by atoms with Gasteiger partial charge < -0.3 is 15.5 Å². The fourth-order valence-electron chi connectivity index (χ4n) is 2.12. The van der Waals surface area contributed by atoms with E-state index in [1.54, 1.807) is 0 Å². The molecule has 0 aromatic carbocycles. The fourth-order valence-corrected chi connectivity index (χ4v) is 2.12. The molecular formula is C9H19N3. The maximum Gasteiger partial charge on any atom is 0.0320 e. The largest absolute Gasteiger partial charge is 0.314 e. The van der Waals surface area contributed by atoms with Gasteiger partial charge in [0.05, 0.1) is 0 Å². The molecule has 0 bridgehead atoms. The number of rotatable bonds is 2. The lowest BCUT2D eigenvalue weighted by Gasteiger charge is -2.28. The van der Waals surface area contributed by atoms with Gasteiger partial charge in [-0.25, -0.2) is 0 Å².